The number of rotatable bonds is 4. The van der Waals surface area contributed by atoms with Crippen molar-refractivity contribution in [1.29, 1.82) is 0 Å². The van der Waals surface area contributed by atoms with Gasteiger partial charge >= 0.3 is 0 Å². The van der Waals surface area contributed by atoms with E-state index in [-0.39, 0.29) is 12.6 Å². The first-order valence-corrected chi connectivity index (χ1v) is 8.20. The molecule has 1 rings (SSSR count). The van der Waals surface area contributed by atoms with Gasteiger partial charge in [-0.05, 0) is 12.8 Å². The molecule has 1 saturated carbocycles. The Morgan fingerprint density at radius 1 is 1.22 bits per heavy atom. The van der Waals surface area contributed by atoms with Crippen molar-refractivity contribution >= 4 is 15.9 Å². The lowest BCUT2D eigenvalue weighted by Gasteiger charge is -2.26. The van der Waals surface area contributed by atoms with Gasteiger partial charge in [0.1, 0.15) is 0 Å². The van der Waals surface area contributed by atoms with Crippen LogP contribution in [0.3, 0.4) is 0 Å². The van der Waals surface area contributed by atoms with Crippen LogP contribution in [0.1, 0.15) is 38.5 Å². The standard InChI is InChI=1S/C11H22N2O4S/c1-18(16,17)12-8-11(15)13-9-6-4-2-3-5-7-10(9)14/h9-10,12,14H,2-8H2,1H3,(H,13,15)/t9-,10-/m0/s1. The molecule has 1 fully saturated rings. The van der Waals surface area contributed by atoms with Gasteiger partial charge in [0.15, 0.2) is 0 Å². The highest BCUT2D eigenvalue weighted by molar-refractivity contribution is 7.88. The maximum atomic E-state index is 11.6. The number of carbonyl (C=O) groups is 1. The Kier molecular flexibility index (Phi) is 6.04. The molecule has 0 radical (unpaired) electrons. The lowest BCUT2D eigenvalue weighted by atomic mass is 9.94. The van der Waals surface area contributed by atoms with E-state index in [1.54, 1.807) is 0 Å². The number of hydrogen-bond acceptors (Lipinski definition) is 4. The van der Waals surface area contributed by atoms with Crippen molar-refractivity contribution in [3.8, 4) is 0 Å². The maximum Gasteiger partial charge on any atom is 0.235 e. The molecule has 0 spiro atoms. The average molecular weight is 278 g/mol. The summed E-state index contributed by atoms with van der Waals surface area (Å²) in [5.74, 6) is -0.398. The van der Waals surface area contributed by atoms with Crippen molar-refractivity contribution in [3.05, 3.63) is 0 Å². The van der Waals surface area contributed by atoms with Crippen LogP contribution in [0.25, 0.3) is 0 Å². The van der Waals surface area contributed by atoms with E-state index >= 15 is 0 Å². The van der Waals surface area contributed by atoms with Crippen LogP contribution in [-0.2, 0) is 14.8 Å². The highest BCUT2D eigenvalue weighted by atomic mass is 32.2. The van der Waals surface area contributed by atoms with E-state index in [1.165, 1.54) is 0 Å². The highest BCUT2D eigenvalue weighted by Crippen LogP contribution is 2.17. The second-order valence-electron chi connectivity index (χ2n) is 4.83. The third kappa shape index (κ3) is 6.32. The Balaban J connectivity index is 2.40. The van der Waals surface area contributed by atoms with E-state index in [1.807, 2.05) is 0 Å². The van der Waals surface area contributed by atoms with Gasteiger partial charge < -0.3 is 10.4 Å². The molecule has 0 heterocycles. The highest BCUT2D eigenvalue weighted by Gasteiger charge is 2.22. The van der Waals surface area contributed by atoms with Gasteiger partial charge in [-0.25, -0.2) is 13.1 Å². The summed E-state index contributed by atoms with van der Waals surface area (Å²) in [5.41, 5.74) is 0. The Labute approximate surface area is 108 Å². The van der Waals surface area contributed by atoms with E-state index in [0.717, 1.165) is 38.4 Å². The van der Waals surface area contributed by atoms with Gasteiger partial charge in [-0.2, -0.15) is 0 Å². The maximum absolute atomic E-state index is 11.6. The minimum atomic E-state index is -3.36. The second-order valence-corrected chi connectivity index (χ2v) is 6.66. The molecule has 0 aromatic heterocycles. The van der Waals surface area contributed by atoms with Crippen molar-refractivity contribution in [3.63, 3.8) is 0 Å². The number of aliphatic hydroxyl groups excluding tert-OH is 1. The van der Waals surface area contributed by atoms with Crippen molar-refractivity contribution in [2.24, 2.45) is 0 Å². The zero-order chi connectivity index (χ0) is 13.6. The summed E-state index contributed by atoms with van der Waals surface area (Å²) >= 11 is 0. The van der Waals surface area contributed by atoms with Crippen molar-refractivity contribution < 1.29 is 18.3 Å². The predicted octanol–water partition coefficient (Wildman–Crippen LogP) is -0.265. The fraction of sp³-hybridized carbons (Fsp3) is 0.909. The molecule has 0 aromatic rings. The molecular formula is C11H22N2O4S. The fourth-order valence-electron chi connectivity index (χ4n) is 2.09. The molecular weight excluding hydrogens is 256 g/mol. The summed E-state index contributed by atoms with van der Waals surface area (Å²) in [4.78, 5) is 11.6. The van der Waals surface area contributed by atoms with Crippen LogP contribution in [0.5, 0.6) is 0 Å². The molecule has 106 valence electrons. The number of amides is 1. The van der Waals surface area contributed by atoms with Gasteiger partial charge in [0.05, 0.1) is 24.9 Å². The van der Waals surface area contributed by atoms with E-state index in [0.29, 0.717) is 6.42 Å². The molecule has 0 saturated heterocycles. The van der Waals surface area contributed by atoms with E-state index in [9.17, 15) is 18.3 Å². The second kappa shape index (κ2) is 7.06. The Morgan fingerprint density at radius 3 is 2.44 bits per heavy atom. The first-order chi connectivity index (χ1) is 8.38. The minimum absolute atomic E-state index is 0.265. The number of carbonyl (C=O) groups excluding carboxylic acids is 1. The summed E-state index contributed by atoms with van der Waals surface area (Å²) in [5, 5.41) is 12.6. The van der Waals surface area contributed by atoms with Crippen LogP contribution >= 0.6 is 0 Å². The van der Waals surface area contributed by atoms with Gasteiger partial charge in [-0.15, -0.1) is 0 Å². The summed E-state index contributed by atoms with van der Waals surface area (Å²) in [7, 11) is -3.36. The molecule has 0 aliphatic heterocycles. The number of sulfonamides is 1. The normalized spacial score (nSPS) is 26.1. The van der Waals surface area contributed by atoms with Crippen molar-refractivity contribution in [1.82, 2.24) is 10.0 Å². The van der Waals surface area contributed by atoms with Crippen LogP contribution in [0.15, 0.2) is 0 Å². The first kappa shape index (κ1) is 15.4. The average Bonchev–Trinajstić information content (AvgIpc) is 2.25. The SMILES string of the molecule is CS(=O)(=O)NCC(=O)N[C@H]1CCCCCC[C@@H]1O. The smallest absolute Gasteiger partial charge is 0.235 e. The van der Waals surface area contributed by atoms with Crippen LogP contribution in [-0.4, -0.2) is 44.4 Å². The molecule has 0 unspecified atom stereocenters. The number of aliphatic hydroxyl groups is 1. The number of hydrogen-bond donors (Lipinski definition) is 3. The summed E-state index contributed by atoms with van der Waals surface area (Å²) < 4.78 is 23.8. The van der Waals surface area contributed by atoms with E-state index < -0.39 is 22.0 Å². The largest absolute Gasteiger partial charge is 0.391 e. The number of nitrogens with one attached hydrogen (secondary N) is 2. The van der Waals surface area contributed by atoms with E-state index in [4.69, 9.17) is 0 Å². The van der Waals surface area contributed by atoms with Crippen LogP contribution in [0.2, 0.25) is 0 Å². The zero-order valence-corrected chi connectivity index (χ0v) is 11.5. The topological polar surface area (TPSA) is 95.5 Å². The Morgan fingerprint density at radius 2 is 1.83 bits per heavy atom. The predicted molar refractivity (Wildman–Crippen MR) is 68.5 cm³/mol. The van der Waals surface area contributed by atoms with E-state index in [2.05, 4.69) is 10.0 Å². The fourth-order valence-corrected chi connectivity index (χ4v) is 2.48. The van der Waals surface area contributed by atoms with Gasteiger partial charge in [0.25, 0.3) is 0 Å². The monoisotopic (exact) mass is 278 g/mol. The lowest BCUT2D eigenvalue weighted by molar-refractivity contribution is -0.121. The third-order valence-electron chi connectivity index (χ3n) is 3.07. The molecule has 1 aliphatic rings. The summed E-state index contributed by atoms with van der Waals surface area (Å²) in [6.07, 6.45) is 6.07. The molecule has 18 heavy (non-hydrogen) atoms. The van der Waals surface area contributed by atoms with Crippen LogP contribution < -0.4 is 10.0 Å². The zero-order valence-electron chi connectivity index (χ0n) is 10.7. The van der Waals surface area contributed by atoms with Gasteiger partial charge in [-0.1, -0.05) is 25.7 Å². The molecule has 0 bridgehead atoms. The van der Waals surface area contributed by atoms with Gasteiger partial charge in [0.2, 0.25) is 15.9 Å². The molecule has 0 aromatic carbocycles. The Bertz CT molecular complexity index is 369. The molecule has 1 aliphatic carbocycles. The lowest BCUT2D eigenvalue weighted by Crippen LogP contribution is -2.47. The third-order valence-corrected chi connectivity index (χ3v) is 3.74. The first-order valence-electron chi connectivity index (χ1n) is 6.30. The van der Waals surface area contributed by atoms with Crippen molar-refractivity contribution in [2.45, 2.75) is 50.7 Å². The van der Waals surface area contributed by atoms with Gasteiger partial charge in [-0.3, -0.25) is 4.79 Å². The summed E-state index contributed by atoms with van der Waals surface area (Å²) in [6, 6.07) is -0.265. The van der Waals surface area contributed by atoms with Crippen LogP contribution in [0.4, 0.5) is 0 Å². The molecule has 2 atom stereocenters. The van der Waals surface area contributed by atoms with Crippen molar-refractivity contribution in [2.75, 3.05) is 12.8 Å². The molecule has 7 heteroatoms. The van der Waals surface area contributed by atoms with Gasteiger partial charge in [0, 0.05) is 0 Å². The minimum Gasteiger partial charge on any atom is -0.391 e. The van der Waals surface area contributed by atoms with Crippen LogP contribution in [0, 0.1) is 0 Å². The summed E-state index contributed by atoms with van der Waals surface area (Å²) in [6.45, 7) is -0.276. The molecule has 3 N–H and O–H groups in total. The molecule has 6 nitrogen and oxygen atoms in total. The molecule has 1 amide bonds. The Hall–Kier alpha value is -0.660. The quantitative estimate of drug-likeness (QED) is 0.660.